The molecule has 0 aromatic carbocycles. The van der Waals surface area contributed by atoms with Crippen molar-refractivity contribution < 1.29 is 9.53 Å². The van der Waals surface area contributed by atoms with E-state index >= 15 is 0 Å². The molecule has 2 heteroatoms. The maximum atomic E-state index is 11.5. The van der Waals surface area contributed by atoms with Crippen molar-refractivity contribution in [2.75, 3.05) is 7.11 Å². The van der Waals surface area contributed by atoms with Crippen LogP contribution in [0, 0.1) is 5.92 Å². The van der Waals surface area contributed by atoms with Gasteiger partial charge in [0.1, 0.15) is 0 Å². The number of carbonyl (C=O) groups is 1. The molecule has 1 rings (SSSR count). The molecule has 0 heterocycles. The van der Waals surface area contributed by atoms with Crippen LogP contribution in [0.4, 0.5) is 0 Å². The van der Waals surface area contributed by atoms with Gasteiger partial charge in [-0.15, -0.1) is 0 Å². The minimum absolute atomic E-state index is 0.174. The molecule has 0 saturated carbocycles. The van der Waals surface area contributed by atoms with Crippen molar-refractivity contribution in [3.8, 4) is 0 Å². The van der Waals surface area contributed by atoms with Crippen molar-refractivity contribution in [1.82, 2.24) is 0 Å². The Kier molecular flexibility index (Phi) is 3.89. The smallest absolute Gasteiger partial charge is 0.334 e. The average molecular weight is 206 g/mol. The zero-order chi connectivity index (χ0) is 11.4. The van der Waals surface area contributed by atoms with E-state index in [4.69, 9.17) is 4.74 Å². The lowest BCUT2D eigenvalue weighted by Gasteiger charge is -2.19. The molecule has 15 heavy (non-hydrogen) atoms. The van der Waals surface area contributed by atoms with Gasteiger partial charge in [0.2, 0.25) is 0 Å². The summed E-state index contributed by atoms with van der Waals surface area (Å²) in [5.74, 6) is -0.0475. The molecule has 2 nitrogen and oxygen atoms in total. The highest BCUT2D eigenvalue weighted by Gasteiger charge is 2.21. The molecule has 1 aliphatic rings. The van der Waals surface area contributed by atoms with Gasteiger partial charge in [0.15, 0.2) is 0 Å². The van der Waals surface area contributed by atoms with E-state index in [2.05, 4.69) is 13.0 Å². The van der Waals surface area contributed by atoms with Crippen molar-refractivity contribution in [1.29, 1.82) is 0 Å². The SMILES string of the molecule is COC(=O)C1=CC=C(C)C[C@H]1C=C(C)C. The van der Waals surface area contributed by atoms with Gasteiger partial charge in [0.05, 0.1) is 7.11 Å². The van der Waals surface area contributed by atoms with Gasteiger partial charge in [-0.05, 0) is 27.2 Å². The Morgan fingerprint density at radius 1 is 1.47 bits per heavy atom. The highest BCUT2D eigenvalue weighted by Crippen LogP contribution is 2.27. The summed E-state index contributed by atoms with van der Waals surface area (Å²) in [6.45, 7) is 6.17. The van der Waals surface area contributed by atoms with E-state index in [9.17, 15) is 4.79 Å². The van der Waals surface area contributed by atoms with E-state index in [1.54, 1.807) is 0 Å². The first-order valence-corrected chi connectivity index (χ1v) is 5.15. The van der Waals surface area contributed by atoms with Gasteiger partial charge in [0.25, 0.3) is 0 Å². The number of rotatable bonds is 2. The van der Waals surface area contributed by atoms with Crippen LogP contribution in [0.25, 0.3) is 0 Å². The molecule has 0 fully saturated rings. The zero-order valence-electron chi connectivity index (χ0n) is 9.83. The molecule has 0 spiro atoms. The second-order valence-corrected chi connectivity index (χ2v) is 4.18. The van der Waals surface area contributed by atoms with Crippen LogP contribution in [0.3, 0.4) is 0 Å². The average Bonchev–Trinajstić information content (AvgIpc) is 2.16. The monoisotopic (exact) mass is 206 g/mol. The summed E-state index contributed by atoms with van der Waals surface area (Å²) >= 11 is 0. The molecule has 0 radical (unpaired) electrons. The van der Waals surface area contributed by atoms with E-state index in [0.717, 1.165) is 12.0 Å². The summed E-state index contributed by atoms with van der Waals surface area (Å²) in [4.78, 5) is 11.5. The van der Waals surface area contributed by atoms with Crippen molar-refractivity contribution >= 4 is 5.97 Å². The van der Waals surface area contributed by atoms with Crippen LogP contribution >= 0.6 is 0 Å². The highest BCUT2D eigenvalue weighted by atomic mass is 16.5. The normalized spacial score (nSPS) is 20.1. The topological polar surface area (TPSA) is 26.3 Å². The molecule has 0 N–H and O–H groups in total. The van der Waals surface area contributed by atoms with Crippen LogP contribution in [0.5, 0.6) is 0 Å². The Morgan fingerprint density at radius 2 is 2.13 bits per heavy atom. The third-order valence-corrected chi connectivity index (χ3v) is 2.44. The number of methoxy groups -OCH3 is 1. The van der Waals surface area contributed by atoms with E-state index in [-0.39, 0.29) is 11.9 Å². The predicted molar refractivity (Wildman–Crippen MR) is 61.4 cm³/mol. The minimum atomic E-state index is -0.221. The molecule has 0 amide bonds. The Labute approximate surface area is 91.3 Å². The fourth-order valence-corrected chi connectivity index (χ4v) is 1.77. The van der Waals surface area contributed by atoms with Crippen molar-refractivity contribution in [2.45, 2.75) is 27.2 Å². The van der Waals surface area contributed by atoms with Crippen LogP contribution in [0.2, 0.25) is 0 Å². The Morgan fingerprint density at radius 3 is 2.67 bits per heavy atom. The summed E-state index contributed by atoms with van der Waals surface area (Å²) in [6, 6.07) is 0. The van der Waals surface area contributed by atoms with Crippen LogP contribution < -0.4 is 0 Å². The van der Waals surface area contributed by atoms with Gasteiger partial charge in [-0.2, -0.15) is 0 Å². The summed E-state index contributed by atoms with van der Waals surface area (Å²) in [5, 5.41) is 0. The molecule has 0 saturated heterocycles. The molecule has 1 aliphatic carbocycles. The lowest BCUT2D eigenvalue weighted by atomic mass is 9.86. The van der Waals surface area contributed by atoms with Crippen LogP contribution in [0.1, 0.15) is 27.2 Å². The van der Waals surface area contributed by atoms with E-state index in [1.807, 2.05) is 26.0 Å². The minimum Gasteiger partial charge on any atom is -0.466 e. The maximum absolute atomic E-state index is 11.5. The van der Waals surface area contributed by atoms with Crippen LogP contribution in [-0.2, 0) is 9.53 Å². The van der Waals surface area contributed by atoms with Crippen LogP contribution in [-0.4, -0.2) is 13.1 Å². The second-order valence-electron chi connectivity index (χ2n) is 4.18. The van der Waals surface area contributed by atoms with Gasteiger partial charge < -0.3 is 4.74 Å². The Bertz CT molecular complexity index is 342. The number of hydrogen-bond donors (Lipinski definition) is 0. The molecule has 1 atom stereocenters. The zero-order valence-corrected chi connectivity index (χ0v) is 9.83. The van der Waals surface area contributed by atoms with E-state index < -0.39 is 0 Å². The maximum Gasteiger partial charge on any atom is 0.334 e. The van der Waals surface area contributed by atoms with Gasteiger partial charge >= 0.3 is 5.97 Å². The van der Waals surface area contributed by atoms with Crippen molar-refractivity contribution in [2.24, 2.45) is 5.92 Å². The lowest BCUT2D eigenvalue weighted by Crippen LogP contribution is -2.16. The Hall–Kier alpha value is -1.31. The fourth-order valence-electron chi connectivity index (χ4n) is 1.77. The molecular weight excluding hydrogens is 188 g/mol. The van der Waals surface area contributed by atoms with Gasteiger partial charge in [0, 0.05) is 11.5 Å². The standard InChI is InChI=1S/C13H18O2/c1-9(2)7-11-8-10(3)5-6-12(11)13(14)15-4/h5-7,11H,8H2,1-4H3/t11-/m1/s1. The first kappa shape index (κ1) is 11.8. The number of esters is 1. The summed E-state index contributed by atoms with van der Waals surface area (Å²) < 4.78 is 4.77. The number of ether oxygens (including phenoxy) is 1. The Balaban J connectivity index is 2.97. The highest BCUT2D eigenvalue weighted by molar-refractivity contribution is 5.90. The molecule has 82 valence electrons. The summed E-state index contributed by atoms with van der Waals surface area (Å²) in [7, 11) is 1.42. The largest absolute Gasteiger partial charge is 0.466 e. The molecule has 0 aliphatic heterocycles. The number of carbonyl (C=O) groups excluding carboxylic acids is 1. The second kappa shape index (κ2) is 4.96. The molecular formula is C13H18O2. The summed E-state index contributed by atoms with van der Waals surface area (Å²) in [6.07, 6.45) is 6.89. The first-order valence-electron chi connectivity index (χ1n) is 5.15. The number of allylic oxidation sites excluding steroid dienone is 5. The molecule has 0 bridgehead atoms. The molecule has 0 unspecified atom stereocenters. The molecule has 0 aromatic heterocycles. The van der Waals surface area contributed by atoms with Crippen molar-refractivity contribution in [3.63, 3.8) is 0 Å². The third-order valence-electron chi connectivity index (χ3n) is 2.44. The van der Waals surface area contributed by atoms with Gasteiger partial charge in [-0.25, -0.2) is 4.79 Å². The molecule has 0 aromatic rings. The fraction of sp³-hybridized carbons (Fsp3) is 0.462. The quantitative estimate of drug-likeness (QED) is 0.513. The predicted octanol–water partition coefficient (Wildman–Crippen LogP) is 3.02. The van der Waals surface area contributed by atoms with E-state index in [0.29, 0.717) is 0 Å². The summed E-state index contributed by atoms with van der Waals surface area (Å²) in [5.41, 5.74) is 3.28. The van der Waals surface area contributed by atoms with Crippen LogP contribution in [0.15, 0.2) is 34.9 Å². The third kappa shape index (κ3) is 3.08. The van der Waals surface area contributed by atoms with E-state index in [1.165, 1.54) is 18.3 Å². The van der Waals surface area contributed by atoms with Crippen molar-refractivity contribution in [3.05, 3.63) is 34.9 Å². The van der Waals surface area contributed by atoms with Gasteiger partial charge in [-0.1, -0.05) is 29.4 Å². The number of hydrogen-bond acceptors (Lipinski definition) is 2. The first-order chi connectivity index (χ1) is 7.04. The van der Waals surface area contributed by atoms with Gasteiger partial charge in [-0.3, -0.25) is 0 Å². The lowest BCUT2D eigenvalue weighted by molar-refractivity contribution is -0.136.